The smallest absolute Gasteiger partial charge is 0.309 e. The van der Waals surface area contributed by atoms with E-state index in [-0.39, 0.29) is 11.9 Å². The summed E-state index contributed by atoms with van der Waals surface area (Å²) in [6.45, 7) is 7.38. The van der Waals surface area contributed by atoms with Crippen LogP contribution in [0.25, 0.3) is 0 Å². The summed E-state index contributed by atoms with van der Waals surface area (Å²) < 4.78 is 5.38. The molecule has 98 valence electrons. The number of rotatable bonds is 5. The molecule has 0 aliphatic heterocycles. The van der Waals surface area contributed by atoms with E-state index in [0.29, 0.717) is 12.5 Å². The third-order valence-corrected chi connectivity index (χ3v) is 4.81. The van der Waals surface area contributed by atoms with Gasteiger partial charge in [0.05, 0.1) is 12.5 Å². The highest BCUT2D eigenvalue weighted by Crippen LogP contribution is 2.54. The van der Waals surface area contributed by atoms with Crippen molar-refractivity contribution in [3.63, 3.8) is 0 Å². The zero-order chi connectivity index (χ0) is 12.4. The molecular formula is C15H26O2. The second-order valence-corrected chi connectivity index (χ2v) is 6.26. The van der Waals surface area contributed by atoms with Crippen LogP contribution in [0.1, 0.15) is 52.9 Å². The van der Waals surface area contributed by atoms with Gasteiger partial charge in [0.25, 0.3) is 0 Å². The highest BCUT2D eigenvalue weighted by Gasteiger charge is 2.49. The number of ether oxygens (including phenoxy) is 1. The van der Waals surface area contributed by atoms with Crippen molar-refractivity contribution in [1.82, 2.24) is 0 Å². The van der Waals surface area contributed by atoms with Crippen molar-refractivity contribution in [3.05, 3.63) is 0 Å². The molecule has 2 aliphatic carbocycles. The average Bonchev–Trinajstić information content (AvgIpc) is 2.88. The van der Waals surface area contributed by atoms with Gasteiger partial charge in [-0.2, -0.15) is 0 Å². The number of hydrogen-bond acceptors (Lipinski definition) is 2. The Morgan fingerprint density at radius 2 is 2.00 bits per heavy atom. The van der Waals surface area contributed by atoms with E-state index >= 15 is 0 Å². The Balaban J connectivity index is 1.81. The molecule has 2 aliphatic rings. The fourth-order valence-corrected chi connectivity index (χ4v) is 3.85. The van der Waals surface area contributed by atoms with Gasteiger partial charge in [0.1, 0.15) is 0 Å². The molecule has 0 aromatic rings. The molecule has 0 aromatic heterocycles. The van der Waals surface area contributed by atoms with Gasteiger partial charge in [0, 0.05) is 0 Å². The maximum atomic E-state index is 12.0. The number of fused-ring (bicyclic) bond motifs is 2. The largest absolute Gasteiger partial charge is 0.465 e. The Labute approximate surface area is 105 Å². The molecule has 0 N–H and O–H groups in total. The minimum Gasteiger partial charge on any atom is -0.465 e. The van der Waals surface area contributed by atoms with E-state index in [1.54, 1.807) is 0 Å². The third-order valence-electron chi connectivity index (χ3n) is 4.81. The first-order valence-corrected chi connectivity index (χ1v) is 7.30. The quantitative estimate of drug-likeness (QED) is 0.540. The molecule has 2 fully saturated rings. The van der Waals surface area contributed by atoms with Gasteiger partial charge in [-0.1, -0.05) is 27.2 Å². The Morgan fingerprint density at radius 1 is 1.24 bits per heavy atom. The number of hydrogen-bond donors (Lipinski definition) is 0. The van der Waals surface area contributed by atoms with Crippen LogP contribution in [0.4, 0.5) is 0 Å². The minimum absolute atomic E-state index is 0.0909. The Hall–Kier alpha value is -0.530. The molecule has 0 spiro atoms. The van der Waals surface area contributed by atoms with Crippen LogP contribution >= 0.6 is 0 Å². The molecule has 0 amide bonds. The first-order valence-electron chi connectivity index (χ1n) is 7.30. The molecule has 0 aromatic carbocycles. The molecule has 2 saturated carbocycles. The summed E-state index contributed by atoms with van der Waals surface area (Å²) in [5, 5.41) is 0. The van der Waals surface area contributed by atoms with E-state index in [1.807, 2.05) is 0 Å². The summed E-state index contributed by atoms with van der Waals surface area (Å²) in [6.07, 6.45) is 5.73. The van der Waals surface area contributed by atoms with Crippen LogP contribution in [-0.2, 0) is 9.53 Å². The first kappa shape index (κ1) is 12.9. The van der Waals surface area contributed by atoms with Gasteiger partial charge in [-0.15, -0.1) is 0 Å². The lowest BCUT2D eigenvalue weighted by Gasteiger charge is -2.29. The van der Waals surface area contributed by atoms with Crippen LogP contribution in [0.2, 0.25) is 0 Å². The van der Waals surface area contributed by atoms with Crippen molar-refractivity contribution in [2.75, 3.05) is 6.61 Å². The van der Waals surface area contributed by atoms with Crippen molar-refractivity contribution in [3.8, 4) is 0 Å². The Kier molecular flexibility index (Phi) is 4.11. The molecule has 17 heavy (non-hydrogen) atoms. The van der Waals surface area contributed by atoms with E-state index in [1.165, 1.54) is 12.8 Å². The number of carbonyl (C=O) groups excluding carboxylic acids is 1. The lowest BCUT2D eigenvalue weighted by molar-refractivity contribution is -0.150. The molecule has 2 rings (SSSR count). The fourth-order valence-electron chi connectivity index (χ4n) is 3.85. The van der Waals surface area contributed by atoms with Crippen LogP contribution < -0.4 is 0 Å². The van der Waals surface area contributed by atoms with Gasteiger partial charge in [0.15, 0.2) is 0 Å². The average molecular weight is 238 g/mol. The molecule has 4 atom stereocenters. The predicted octanol–water partition coefficient (Wildman–Crippen LogP) is 3.65. The highest BCUT2D eigenvalue weighted by molar-refractivity contribution is 5.73. The van der Waals surface area contributed by atoms with E-state index in [4.69, 9.17) is 4.74 Å². The van der Waals surface area contributed by atoms with E-state index in [0.717, 1.165) is 37.0 Å². The summed E-state index contributed by atoms with van der Waals surface area (Å²) in [7, 11) is 0. The van der Waals surface area contributed by atoms with Gasteiger partial charge < -0.3 is 4.74 Å². The van der Waals surface area contributed by atoms with Crippen LogP contribution in [0.5, 0.6) is 0 Å². The van der Waals surface area contributed by atoms with Crippen molar-refractivity contribution in [1.29, 1.82) is 0 Å². The zero-order valence-electron chi connectivity index (χ0n) is 11.4. The number of esters is 1. The second-order valence-electron chi connectivity index (χ2n) is 6.26. The van der Waals surface area contributed by atoms with Crippen molar-refractivity contribution in [2.24, 2.45) is 29.6 Å². The van der Waals surface area contributed by atoms with Gasteiger partial charge in [-0.25, -0.2) is 0 Å². The van der Waals surface area contributed by atoms with Gasteiger partial charge in [-0.05, 0) is 49.4 Å². The summed E-state index contributed by atoms with van der Waals surface area (Å²) in [5.41, 5.74) is 0. The lowest BCUT2D eigenvalue weighted by atomic mass is 9.77. The molecule has 0 heterocycles. The number of carbonyl (C=O) groups is 1. The van der Waals surface area contributed by atoms with Crippen molar-refractivity contribution >= 4 is 5.97 Å². The number of unbranched alkanes of at least 4 members (excludes halogenated alkanes) is 1. The standard InChI is InChI=1S/C15H26O2/c1-4-5-6-17-15(16)14-9-11-7-12(14)8-13(11)10(2)3/h10-14H,4-9H2,1-3H3. The first-order chi connectivity index (χ1) is 8.13. The molecule has 0 saturated heterocycles. The summed E-state index contributed by atoms with van der Waals surface area (Å²) in [6, 6.07) is 0. The molecule has 2 bridgehead atoms. The fraction of sp³-hybridized carbons (Fsp3) is 0.933. The highest BCUT2D eigenvalue weighted by atomic mass is 16.5. The summed E-state index contributed by atoms with van der Waals surface area (Å²) >= 11 is 0. The Bertz CT molecular complexity index is 272. The lowest BCUT2D eigenvalue weighted by Crippen LogP contribution is -2.28. The molecule has 4 unspecified atom stereocenters. The van der Waals surface area contributed by atoms with E-state index < -0.39 is 0 Å². The molecule has 2 nitrogen and oxygen atoms in total. The van der Waals surface area contributed by atoms with Crippen molar-refractivity contribution in [2.45, 2.75) is 52.9 Å². The van der Waals surface area contributed by atoms with Crippen LogP contribution in [0.15, 0.2) is 0 Å². The monoisotopic (exact) mass is 238 g/mol. The maximum absolute atomic E-state index is 12.0. The minimum atomic E-state index is 0.0909. The second kappa shape index (κ2) is 5.41. The van der Waals surface area contributed by atoms with Crippen molar-refractivity contribution < 1.29 is 9.53 Å². The summed E-state index contributed by atoms with van der Waals surface area (Å²) in [4.78, 5) is 12.0. The molecule has 2 heteroatoms. The summed E-state index contributed by atoms with van der Waals surface area (Å²) in [5.74, 6) is 3.38. The van der Waals surface area contributed by atoms with Crippen LogP contribution in [0, 0.1) is 29.6 Å². The predicted molar refractivity (Wildman–Crippen MR) is 68.5 cm³/mol. The third kappa shape index (κ3) is 2.66. The zero-order valence-corrected chi connectivity index (χ0v) is 11.4. The molecular weight excluding hydrogens is 212 g/mol. The molecule has 0 radical (unpaired) electrons. The van der Waals surface area contributed by atoms with Gasteiger partial charge in [-0.3, -0.25) is 4.79 Å². The normalized spacial score (nSPS) is 35.5. The SMILES string of the molecule is CCCCOC(=O)C1CC2CC1CC2C(C)C. The van der Waals surface area contributed by atoms with E-state index in [2.05, 4.69) is 20.8 Å². The van der Waals surface area contributed by atoms with Gasteiger partial charge in [0.2, 0.25) is 0 Å². The Morgan fingerprint density at radius 3 is 2.53 bits per heavy atom. The van der Waals surface area contributed by atoms with Crippen LogP contribution in [-0.4, -0.2) is 12.6 Å². The van der Waals surface area contributed by atoms with E-state index in [9.17, 15) is 4.79 Å². The van der Waals surface area contributed by atoms with Crippen LogP contribution in [0.3, 0.4) is 0 Å². The van der Waals surface area contributed by atoms with Gasteiger partial charge >= 0.3 is 5.97 Å². The topological polar surface area (TPSA) is 26.3 Å². The maximum Gasteiger partial charge on any atom is 0.309 e.